The molecule has 0 aliphatic heterocycles. The number of nitro groups is 1. The van der Waals surface area contributed by atoms with Gasteiger partial charge >= 0.3 is 0 Å². The summed E-state index contributed by atoms with van der Waals surface area (Å²) in [6, 6.07) is 3.28. The highest BCUT2D eigenvalue weighted by atomic mass is 35.5. The molecule has 0 N–H and O–H groups in total. The lowest BCUT2D eigenvalue weighted by Gasteiger charge is -2.30. The molecule has 0 aliphatic rings. The molecule has 0 saturated carbocycles. The van der Waals surface area contributed by atoms with E-state index in [0.717, 1.165) is 6.54 Å². The minimum atomic E-state index is -0.519. The summed E-state index contributed by atoms with van der Waals surface area (Å²) in [5.74, 6) is 0.177. The molecular weight excluding hydrogens is 282 g/mol. The van der Waals surface area contributed by atoms with Crippen LogP contribution in [-0.2, 0) is 0 Å². The maximum absolute atomic E-state index is 10.7. The van der Waals surface area contributed by atoms with E-state index in [1.165, 1.54) is 12.1 Å². The second-order valence-electron chi connectivity index (χ2n) is 5.02. The van der Waals surface area contributed by atoms with Crippen molar-refractivity contribution in [3.05, 3.63) is 27.4 Å². The lowest BCUT2D eigenvalue weighted by molar-refractivity contribution is -0.385. The summed E-state index contributed by atoms with van der Waals surface area (Å²) in [7, 11) is 0. The summed E-state index contributed by atoms with van der Waals surface area (Å²) in [6.45, 7) is 9.58. The Hall–Kier alpha value is -1.40. The predicted octanol–water partition coefficient (Wildman–Crippen LogP) is 3.14. The molecular formula is C13H20ClN3O3. The van der Waals surface area contributed by atoms with Crippen molar-refractivity contribution < 1.29 is 9.66 Å². The Labute approximate surface area is 123 Å². The van der Waals surface area contributed by atoms with Crippen LogP contribution in [0.1, 0.15) is 27.7 Å². The summed E-state index contributed by atoms with van der Waals surface area (Å²) in [6.07, 6.45) is 0. The SMILES string of the molecule is CC(C)N(CCOc1cc([N+](=O)[O-])cc(Cl)n1)C(C)C. The van der Waals surface area contributed by atoms with Crippen LogP contribution in [-0.4, -0.2) is 40.0 Å². The third kappa shape index (κ3) is 4.94. The van der Waals surface area contributed by atoms with Gasteiger partial charge in [0.2, 0.25) is 5.88 Å². The lowest BCUT2D eigenvalue weighted by Crippen LogP contribution is -2.39. The summed E-state index contributed by atoms with van der Waals surface area (Å²) >= 11 is 5.73. The predicted molar refractivity (Wildman–Crippen MR) is 78.4 cm³/mol. The van der Waals surface area contributed by atoms with Crippen LogP contribution in [0.4, 0.5) is 5.69 Å². The molecule has 0 fully saturated rings. The van der Waals surface area contributed by atoms with Crippen LogP contribution < -0.4 is 4.74 Å². The number of nitrogens with zero attached hydrogens (tertiary/aromatic N) is 3. The van der Waals surface area contributed by atoms with E-state index >= 15 is 0 Å². The Morgan fingerprint density at radius 2 is 1.95 bits per heavy atom. The lowest BCUT2D eigenvalue weighted by atomic mass is 10.2. The molecule has 0 bridgehead atoms. The molecule has 1 aromatic heterocycles. The molecule has 6 nitrogen and oxygen atoms in total. The zero-order chi connectivity index (χ0) is 15.3. The summed E-state index contributed by atoms with van der Waals surface area (Å²) in [5, 5.41) is 10.8. The van der Waals surface area contributed by atoms with Gasteiger partial charge in [-0.15, -0.1) is 0 Å². The number of ether oxygens (including phenoxy) is 1. The third-order valence-corrected chi connectivity index (χ3v) is 3.09. The van der Waals surface area contributed by atoms with Crippen molar-refractivity contribution in [1.29, 1.82) is 0 Å². The highest BCUT2D eigenvalue weighted by Crippen LogP contribution is 2.22. The van der Waals surface area contributed by atoms with Crippen molar-refractivity contribution in [3.8, 4) is 5.88 Å². The molecule has 0 aliphatic carbocycles. The number of pyridine rings is 1. The minimum absolute atomic E-state index is 0.0544. The normalized spacial score (nSPS) is 11.4. The van der Waals surface area contributed by atoms with E-state index < -0.39 is 4.92 Å². The highest BCUT2D eigenvalue weighted by Gasteiger charge is 2.14. The van der Waals surface area contributed by atoms with Crippen LogP contribution in [0.15, 0.2) is 12.1 Å². The van der Waals surface area contributed by atoms with Gasteiger partial charge in [0.1, 0.15) is 11.8 Å². The third-order valence-electron chi connectivity index (χ3n) is 2.89. The highest BCUT2D eigenvalue weighted by molar-refractivity contribution is 6.29. The molecule has 0 spiro atoms. The van der Waals surface area contributed by atoms with E-state index in [0.29, 0.717) is 18.7 Å². The summed E-state index contributed by atoms with van der Waals surface area (Å²) < 4.78 is 5.47. The van der Waals surface area contributed by atoms with Crippen LogP contribution in [0.3, 0.4) is 0 Å². The van der Waals surface area contributed by atoms with E-state index in [1.807, 2.05) is 0 Å². The van der Waals surface area contributed by atoms with Gasteiger partial charge in [-0.1, -0.05) is 11.6 Å². The van der Waals surface area contributed by atoms with E-state index in [1.54, 1.807) is 0 Å². The van der Waals surface area contributed by atoms with Crippen molar-refractivity contribution in [2.75, 3.05) is 13.2 Å². The number of hydrogen-bond donors (Lipinski definition) is 0. The fourth-order valence-corrected chi connectivity index (χ4v) is 2.20. The zero-order valence-corrected chi connectivity index (χ0v) is 12.9. The van der Waals surface area contributed by atoms with E-state index in [4.69, 9.17) is 16.3 Å². The second kappa shape index (κ2) is 7.40. The first kappa shape index (κ1) is 16.7. The average Bonchev–Trinajstić information content (AvgIpc) is 2.32. The summed E-state index contributed by atoms with van der Waals surface area (Å²) in [5.41, 5.74) is -0.121. The first-order valence-electron chi connectivity index (χ1n) is 6.51. The van der Waals surface area contributed by atoms with Gasteiger partial charge in [0, 0.05) is 18.6 Å². The Bertz CT molecular complexity index is 458. The van der Waals surface area contributed by atoms with Crippen molar-refractivity contribution in [3.63, 3.8) is 0 Å². The van der Waals surface area contributed by atoms with Gasteiger partial charge in [-0.25, -0.2) is 4.98 Å². The van der Waals surface area contributed by atoms with Gasteiger partial charge in [-0.3, -0.25) is 15.0 Å². The van der Waals surface area contributed by atoms with Gasteiger partial charge < -0.3 is 4.74 Å². The molecule has 112 valence electrons. The van der Waals surface area contributed by atoms with Crippen LogP contribution in [0.25, 0.3) is 0 Å². The molecule has 1 heterocycles. The Morgan fingerprint density at radius 3 is 2.45 bits per heavy atom. The van der Waals surface area contributed by atoms with Gasteiger partial charge in [-0.2, -0.15) is 0 Å². The van der Waals surface area contributed by atoms with Gasteiger partial charge in [0.15, 0.2) is 0 Å². The first-order valence-corrected chi connectivity index (χ1v) is 6.89. The number of rotatable bonds is 7. The fraction of sp³-hybridized carbons (Fsp3) is 0.615. The topological polar surface area (TPSA) is 68.5 Å². The monoisotopic (exact) mass is 301 g/mol. The van der Waals surface area contributed by atoms with Gasteiger partial charge in [0.05, 0.1) is 17.1 Å². The van der Waals surface area contributed by atoms with Gasteiger partial charge in [-0.05, 0) is 27.7 Å². The van der Waals surface area contributed by atoms with Crippen LogP contribution in [0.2, 0.25) is 5.15 Å². The van der Waals surface area contributed by atoms with Crippen LogP contribution >= 0.6 is 11.6 Å². The number of hydrogen-bond acceptors (Lipinski definition) is 5. The number of aromatic nitrogens is 1. The second-order valence-corrected chi connectivity index (χ2v) is 5.40. The zero-order valence-electron chi connectivity index (χ0n) is 12.2. The van der Waals surface area contributed by atoms with Gasteiger partial charge in [0.25, 0.3) is 5.69 Å². The average molecular weight is 302 g/mol. The molecule has 20 heavy (non-hydrogen) atoms. The molecule has 0 atom stereocenters. The molecule has 0 radical (unpaired) electrons. The Kier molecular flexibility index (Phi) is 6.16. The molecule has 0 amide bonds. The first-order chi connectivity index (χ1) is 9.31. The van der Waals surface area contributed by atoms with Crippen molar-refractivity contribution >= 4 is 17.3 Å². The molecule has 0 saturated heterocycles. The smallest absolute Gasteiger partial charge is 0.277 e. The molecule has 1 aromatic rings. The largest absolute Gasteiger partial charge is 0.476 e. The van der Waals surface area contributed by atoms with E-state index in [9.17, 15) is 10.1 Å². The fourth-order valence-electron chi connectivity index (χ4n) is 2.01. The Morgan fingerprint density at radius 1 is 1.35 bits per heavy atom. The molecule has 1 rings (SSSR count). The standard InChI is InChI=1S/C13H20ClN3O3/c1-9(2)16(10(3)4)5-6-20-13-8-11(17(18)19)7-12(14)15-13/h7-10H,5-6H2,1-4H3. The quantitative estimate of drug-likeness (QED) is 0.439. The van der Waals surface area contributed by atoms with Crippen molar-refractivity contribution in [2.45, 2.75) is 39.8 Å². The van der Waals surface area contributed by atoms with Crippen LogP contribution in [0.5, 0.6) is 5.88 Å². The minimum Gasteiger partial charge on any atom is -0.476 e. The van der Waals surface area contributed by atoms with Crippen molar-refractivity contribution in [2.24, 2.45) is 0 Å². The van der Waals surface area contributed by atoms with E-state index in [-0.39, 0.29) is 16.7 Å². The molecule has 0 aromatic carbocycles. The molecule has 7 heteroatoms. The van der Waals surface area contributed by atoms with Crippen LogP contribution in [0, 0.1) is 10.1 Å². The Balaban J connectivity index is 2.64. The maximum atomic E-state index is 10.7. The molecule has 0 unspecified atom stereocenters. The van der Waals surface area contributed by atoms with Crippen molar-refractivity contribution in [1.82, 2.24) is 9.88 Å². The summed E-state index contributed by atoms with van der Waals surface area (Å²) in [4.78, 5) is 16.4. The van der Waals surface area contributed by atoms with E-state index in [2.05, 4.69) is 37.6 Å². The number of halogens is 1. The maximum Gasteiger partial charge on any atom is 0.277 e.